The fourth-order valence-corrected chi connectivity index (χ4v) is 6.21. The van der Waals surface area contributed by atoms with Gasteiger partial charge in [0.15, 0.2) is 0 Å². The van der Waals surface area contributed by atoms with Crippen molar-refractivity contribution in [2.24, 2.45) is 4.99 Å². The lowest BCUT2D eigenvalue weighted by Crippen LogP contribution is -2.34. The normalized spacial score (nSPS) is 11.2. The first kappa shape index (κ1) is 40.8. The van der Waals surface area contributed by atoms with E-state index in [-0.39, 0.29) is 26.2 Å². The highest BCUT2D eigenvalue weighted by atomic mass is 32.1. The van der Waals surface area contributed by atoms with Crippen LogP contribution in [-0.2, 0) is 51.8 Å². The molecule has 0 aliphatic heterocycles. The molecule has 0 spiro atoms. The maximum absolute atomic E-state index is 11.6. The highest BCUT2D eigenvalue weighted by molar-refractivity contribution is 7.78. The van der Waals surface area contributed by atoms with Gasteiger partial charge >= 0.3 is 23.9 Å². The van der Waals surface area contributed by atoms with E-state index < -0.39 is 50.1 Å². The smallest absolute Gasteiger partial charge is 0.317 e. The Morgan fingerprint density at radius 2 is 1.00 bits per heavy atom. The number of nitrogens with zero attached hydrogens (tertiary/aromatic N) is 6. The molecule has 0 saturated heterocycles. The summed E-state index contributed by atoms with van der Waals surface area (Å²) in [6, 6.07) is 21.7. The van der Waals surface area contributed by atoms with Crippen LogP contribution >= 0.6 is 12.2 Å². The first-order chi connectivity index (χ1) is 26.9. The van der Waals surface area contributed by atoms with E-state index >= 15 is 0 Å². The Bertz CT molecular complexity index is 2020. The van der Waals surface area contributed by atoms with E-state index in [0.717, 1.165) is 5.56 Å². The van der Waals surface area contributed by atoms with Gasteiger partial charge in [0.2, 0.25) is 0 Å². The molecule has 56 heavy (non-hydrogen) atoms. The van der Waals surface area contributed by atoms with Gasteiger partial charge in [-0.05, 0) is 84.9 Å². The predicted octanol–water partition coefficient (Wildman–Crippen LogP) is 4.92. The third-order valence-corrected chi connectivity index (χ3v) is 8.37. The van der Waals surface area contributed by atoms with Gasteiger partial charge < -0.3 is 29.3 Å². The summed E-state index contributed by atoms with van der Waals surface area (Å²) in [6.07, 6.45) is 3.64. The van der Waals surface area contributed by atoms with Crippen LogP contribution in [0.5, 0.6) is 0 Å². The molecular weight excluding hydrogens is 745 g/mol. The quantitative estimate of drug-likeness (QED) is 0.0540. The Balaban J connectivity index is 1.52. The number of thiocarbonyl (C=S) groups is 1. The first-order valence-electron chi connectivity index (χ1n) is 17.2. The minimum Gasteiger partial charge on any atom is -0.480 e. The molecule has 4 N–H and O–H groups in total. The molecule has 0 amide bonds. The van der Waals surface area contributed by atoms with E-state index in [4.69, 9.17) is 31.0 Å². The van der Waals surface area contributed by atoms with Crippen molar-refractivity contribution in [3.05, 3.63) is 114 Å². The summed E-state index contributed by atoms with van der Waals surface area (Å²) in [5.74, 6) is -3.65. The van der Waals surface area contributed by atoms with Crippen molar-refractivity contribution in [3.8, 4) is 22.6 Å². The number of rotatable bonds is 22. The molecule has 17 heteroatoms. The van der Waals surface area contributed by atoms with E-state index in [1.54, 1.807) is 36.4 Å². The molecule has 1 aromatic carbocycles. The van der Waals surface area contributed by atoms with Gasteiger partial charge in [0.1, 0.15) is 11.5 Å². The minimum absolute atomic E-state index is 0.0595. The number of carboxylic acid groups (broad SMARTS) is 4. The number of hydrogen-bond donors (Lipinski definition) is 4. The van der Waals surface area contributed by atoms with Gasteiger partial charge in [-0.2, -0.15) is 4.99 Å². The second kappa shape index (κ2) is 19.8. The number of hydrogen-bond acceptors (Lipinski definition) is 13. The molecule has 0 unspecified atom stereocenters. The average Bonchev–Trinajstić information content (AvgIpc) is 3.86. The van der Waals surface area contributed by atoms with Gasteiger partial charge in [0.25, 0.3) is 0 Å². The molecule has 0 fully saturated rings. The van der Waals surface area contributed by atoms with Gasteiger partial charge in [0.05, 0.1) is 72.3 Å². The average molecular weight is 783 g/mol. The molecule has 4 aromatic heterocycles. The molecule has 5 rings (SSSR count). The predicted molar refractivity (Wildman–Crippen MR) is 204 cm³/mol. The van der Waals surface area contributed by atoms with Crippen molar-refractivity contribution in [2.45, 2.75) is 32.6 Å². The number of pyridine rings is 2. The number of benzene rings is 1. The number of aliphatic carboxylic acids is 4. The van der Waals surface area contributed by atoms with Crippen molar-refractivity contribution in [1.29, 1.82) is 0 Å². The standard InChI is InChI=1S/C39H38N6O10S/c46-36(47)21-44(22-37(48)49)19-32-15-27(34-3-1-11-54-34)13-30(41-32)17-43(10-9-26-5-7-29(8-6-26)40-25-56)18-31-14-28(35-4-2-12-55-35)16-33(42-31)20-45(23-38(50)51)24-39(52)53/h1-8,11-16H,9-10,17-24H2,(H,46,47)(H,48,49)(H,50,51)(H,52,53). The molecule has 290 valence electrons. The molecule has 0 radical (unpaired) electrons. The van der Waals surface area contributed by atoms with Crippen molar-refractivity contribution in [2.75, 3.05) is 32.7 Å². The Kier molecular flexibility index (Phi) is 14.4. The molecule has 0 bridgehead atoms. The van der Waals surface area contributed by atoms with Gasteiger partial charge in [0, 0.05) is 43.9 Å². The molecule has 4 heterocycles. The molecule has 16 nitrogen and oxygen atoms in total. The minimum atomic E-state index is -1.18. The summed E-state index contributed by atoms with van der Waals surface area (Å²) in [7, 11) is 0. The van der Waals surface area contributed by atoms with Crippen LogP contribution in [0.15, 0.2) is 99.1 Å². The summed E-state index contributed by atoms with van der Waals surface area (Å²) in [5.41, 5.74) is 5.03. The summed E-state index contributed by atoms with van der Waals surface area (Å²) < 4.78 is 11.4. The van der Waals surface area contributed by atoms with Gasteiger partial charge in [-0.3, -0.25) is 43.8 Å². The monoisotopic (exact) mass is 782 g/mol. The van der Waals surface area contributed by atoms with E-state index in [1.165, 1.54) is 22.3 Å². The van der Waals surface area contributed by atoms with Crippen LogP contribution in [0.2, 0.25) is 0 Å². The lowest BCUT2D eigenvalue weighted by Gasteiger charge is -2.24. The lowest BCUT2D eigenvalue weighted by molar-refractivity contribution is -0.144. The SMILES string of the molecule is O=C(O)CN(CC(=O)O)Cc1cc(-c2ccco2)cc(CN(CCc2ccc(N=C=S)cc2)Cc2cc(-c3ccco3)cc(CN(CC(=O)O)CC(=O)O)n2)n1. The zero-order valence-electron chi connectivity index (χ0n) is 30.0. The number of isothiocyanates is 1. The van der Waals surface area contributed by atoms with Crippen molar-refractivity contribution in [1.82, 2.24) is 24.7 Å². The maximum atomic E-state index is 11.6. The van der Waals surface area contributed by atoms with Gasteiger partial charge in [-0.25, -0.2) is 0 Å². The molecule has 0 aliphatic rings. The fourth-order valence-electron chi connectivity index (χ4n) is 6.10. The van der Waals surface area contributed by atoms with Crippen molar-refractivity contribution < 1.29 is 48.4 Å². The van der Waals surface area contributed by atoms with Gasteiger partial charge in [-0.1, -0.05) is 12.1 Å². The van der Waals surface area contributed by atoms with Gasteiger partial charge in [-0.15, -0.1) is 0 Å². The number of furan rings is 2. The number of aliphatic imine (C=N–C) groups is 1. The van der Waals surface area contributed by atoms with Crippen LogP contribution in [0.4, 0.5) is 5.69 Å². The number of carbonyl (C=O) groups is 4. The molecule has 0 saturated carbocycles. The molecule has 0 atom stereocenters. The van der Waals surface area contributed by atoms with E-state index in [9.17, 15) is 39.6 Å². The van der Waals surface area contributed by atoms with Crippen LogP contribution in [0, 0.1) is 0 Å². The lowest BCUT2D eigenvalue weighted by atomic mass is 10.1. The van der Waals surface area contributed by atoms with E-state index in [0.29, 0.717) is 64.1 Å². The highest BCUT2D eigenvalue weighted by Crippen LogP contribution is 2.26. The zero-order chi connectivity index (χ0) is 40.0. The second-order valence-electron chi connectivity index (χ2n) is 12.8. The highest BCUT2D eigenvalue weighted by Gasteiger charge is 2.20. The largest absolute Gasteiger partial charge is 0.480 e. The van der Waals surface area contributed by atoms with Crippen LogP contribution < -0.4 is 0 Å². The van der Waals surface area contributed by atoms with E-state index in [2.05, 4.69) is 15.1 Å². The summed E-state index contributed by atoms with van der Waals surface area (Å²) >= 11 is 4.73. The topological polar surface area (TPSA) is 223 Å². The van der Waals surface area contributed by atoms with E-state index in [1.807, 2.05) is 36.4 Å². The molecular formula is C39H38N6O10S. The zero-order valence-corrected chi connectivity index (χ0v) is 30.8. The Labute approximate surface area is 326 Å². The number of aromatic nitrogens is 2. The summed E-state index contributed by atoms with van der Waals surface area (Å²) in [4.78, 5) is 64.7. The van der Waals surface area contributed by atoms with Crippen LogP contribution in [0.3, 0.4) is 0 Å². The van der Waals surface area contributed by atoms with Crippen molar-refractivity contribution >= 4 is 46.9 Å². The maximum Gasteiger partial charge on any atom is 0.317 e. The third-order valence-electron chi connectivity index (χ3n) is 8.28. The van der Waals surface area contributed by atoms with Crippen molar-refractivity contribution in [3.63, 3.8) is 0 Å². The second-order valence-corrected chi connectivity index (χ2v) is 13.0. The first-order valence-corrected chi connectivity index (χ1v) is 17.6. The van der Waals surface area contributed by atoms with Crippen LogP contribution in [0.25, 0.3) is 22.6 Å². The summed E-state index contributed by atoms with van der Waals surface area (Å²) in [6.45, 7) is -1.13. The van der Waals surface area contributed by atoms with Crippen LogP contribution in [0.1, 0.15) is 28.3 Å². The van der Waals surface area contributed by atoms with Crippen LogP contribution in [-0.4, -0.2) is 107 Å². The molecule has 0 aliphatic carbocycles. The Hall–Kier alpha value is -6.36. The number of carboxylic acids is 4. The fraction of sp³-hybridized carbons (Fsp3) is 0.256. The summed E-state index contributed by atoms with van der Waals surface area (Å²) in [5, 5.41) is 40.2. The Morgan fingerprint density at radius 3 is 1.34 bits per heavy atom. The Morgan fingerprint density at radius 1 is 0.607 bits per heavy atom. The third kappa shape index (κ3) is 12.9. The molecule has 5 aromatic rings.